The van der Waals surface area contributed by atoms with Gasteiger partial charge in [0, 0.05) is 16.5 Å². The summed E-state index contributed by atoms with van der Waals surface area (Å²) in [5.74, 6) is -0.407. The SMILES string of the molecule is N#Cc1ccc(-c2c(C(O)O)[nH]c3ccc(F)cc23)cc1. The van der Waals surface area contributed by atoms with Gasteiger partial charge in [-0.05, 0) is 35.9 Å². The fraction of sp³-hybridized carbons (Fsp3) is 0.0625. The van der Waals surface area contributed by atoms with Crippen molar-refractivity contribution in [3.63, 3.8) is 0 Å². The second-order valence-electron chi connectivity index (χ2n) is 4.67. The zero-order valence-electron chi connectivity index (χ0n) is 10.8. The fourth-order valence-corrected chi connectivity index (χ4v) is 2.40. The molecule has 0 saturated carbocycles. The molecule has 3 rings (SSSR count). The molecule has 1 aromatic heterocycles. The molecule has 3 aromatic rings. The Morgan fingerprint density at radius 2 is 1.81 bits per heavy atom. The molecule has 1 heterocycles. The van der Waals surface area contributed by atoms with Crippen molar-refractivity contribution in [2.45, 2.75) is 6.29 Å². The van der Waals surface area contributed by atoms with E-state index in [1.165, 1.54) is 12.1 Å². The first kappa shape index (κ1) is 13.3. The number of nitriles is 1. The Morgan fingerprint density at radius 1 is 1.10 bits per heavy atom. The Hall–Kier alpha value is -2.68. The maximum atomic E-state index is 13.5. The Morgan fingerprint density at radius 3 is 2.43 bits per heavy atom. The van der Waals surface area contributed by atoms with E-state index in [9.17, 15) is 14.6 Å². The lowest BCUT2D eigenvalue weighted by molar-refractivity contribution is -0.0448. The van der Waals surface area contributed by atoms with Crippen molar-refractivity contribution in [1.82, 2.24) is 4.98 Å². The van der Waals surface area contributed by atoms with Gasteiger partial charge in [0.1, 0.15) is 5.82 Å². The topological polar surface area (TPSA) is 80.0 Å². The third-order valence-corrected chi connectivity index (χ3v) is 3.35. The zero-order chi connectivity index (χ0) is 15.0. The van der Waals surface area contributed by atoms with Crippen LogP contribution in [0.2, 0.25) is 0 Å². The van der Waals surface area contributed by atoms with Crippen molar-refractivity contribution in [1.29, 1.82) is 5.26 Å². The van der Waals surface area contributed by atoms with Crippen LogP contribution in [0.5, 0.6) is 0 Å². The number of aromatic amines is 1. The van der Waals surface area contributed by atoms with Crippen LogP contribution in [0.15, 0.2) is 42.5 Å². The summed E-state index contributed by atoms with van der Waals surface area (Å²) in [6.45, 7) is 0. The molecule has 2 aromatic carbocycles. The van der Waals surface area contributed by atoms with Crippen molar-refractivity contribution >= 4 is 10.9 Å². The Labute approximate surface area is 119 Å². The molecule has 21 heavy (non-hydrogen) atoms. The molecule has 0 aliphatic heterocycles. The average Bonchev–Trinajstić information content (AvgIpc) is 2.86. The highest BCUT2D eigenvalue weighted by molar-refractivity contribution is 5.97. The number of rotatable bonds is 2. The van der Waals surface area contributed by atoms with Gasteiger partial charge in [0.25, 0.3) is 0 Å². The standard InChI is InChI=1S/C16H11FN2O2/c17-11-5-6-13-12(7-11)14(15(19-13)16(20)21)10-3-1-9(8-18)2-4-10/h1-7,16,19-21H. The minimum atomic E-state index is -1.70. The lowest BCUT2D eigenvalue weighted by Crippen LogP contribution is -1.97. The largest absolute Gasteiger partial charge is 0.363 e. The molecule has 4 nitrogen and oxygen atoms in total. The number of aliphatic hydroxyl groups excluding tert-OH is 1. The second kappa shape index (κ2) is 5.02. The first-order valence-corrected chi connectivity index (χ1v) is 6.28. The van der Waals surface area contributed by atoms with Gasteiger partial charge < -0.3 is 15.2 Å². The molecule has 0 spiro atoms. The van der Waals surface area contributed by atoms with Gasteiger partial charge in [-0.3, -0.25) is 0 Å². The third-order valence-electron chi connectivity index (χ3n) is 3.35. The fourth-order valence-electron chi connectivity index (χ4n) is 2.40. The van der Waals surface area contributed by atoms with E-state index in [2.05, 4.69) is 4.98 Å². The van der Waals surface area contributed by atoms with E-state index in [1.807, 2.05) is 6.07 Å². The van der Waals surface area contributed by atoms with Crippen molar-refractivity contribution < 1.29 is 14.6 Å². The van der Waals surface area contributed by atoms with E-state index >= 15 is 0 Å². The van der Waals surface area contributed by atoms with Crippen LogP contribution < -0.4 is 0 Å². The molecule has 104 valence electrons. The molecule has 0 aliphatic carbocycles. The summed E-state index contributed by atoms with van der Waals surface area (Å²) >= 11 is 0. The van der Waals surface area contributed by atoms with E-state index in [4.69, 9.17) is 5.26 Å². The first-order chi connectivity index (χ1) is 10.1. The monoisotopic (exact) mass is 282 g/mol. The van der Waals surface area contributed by atoms with Gasteiger partial charge >= 0.3 is 0 Å². The Kier molecular flexibility index (Phi) is 3.18. The summed E-state index contributed by atoms with van der Waals surface area (Å²) in [6, 6.07) is 12.8. The van der Waals surface area contributed by atoms with E-state index in [0.717, 1.165) is 0 Å². The number of halogens is 1. The quantitative estimate of drug-likeness (QED) is 0.632. The molecule has 0 unspecified atom stereocenters. The number of hydrogen-bond donors (Lipinski definition) is 3. The highest BCUT2D eigenvalue weighted by atomic mass is 19.1. The van der Waals surface area contributed by atoms with Gasteiger partial charge in [0.15, 0.2) is 6.29 Å². The van der Waals surface area contributed by atoms with E-state index in [1.54, 1.807) is 30.3 Å². The van der Waals surface area contributed by atoms with Crippen LogP contribution in [0.25, 0.3) is 22.0 Å². The molecular formula is C16H11FN2O2. The van der Waals surface area contributed by atoms with Crippen molar-refractivity contribution in [2.75, 3.05) is 0 Å². The van der Waals surface area contributed by atoms with Gasteiger partial charge in [0.2, 0.25) is 0 Å². The third kappa shape index (κ3) is 2.27. The molecule has 0 amide bonds. The van der Waals surface area contributed by atoms with Gasteiger partial charge in [-0.25, -0.2) is 4.39 Å². The number of benzene rings is 2. The van der Waals surface area contributed by atoms with Crippen LogP contribution in [0, 0.1) is 17.1 Å². The zero-order valence-corrected chi connectivity index (χ0v) is 10.8. The minimum Gasteiger partial charge on any atom is -0.363 e. The van der Waals surface area contributed by atoms with Crippen molar-refractivity contribution in [3.8, 4) is 17.2 Å². The molecule has 5 heteroatoms. The molecule has 0 saturated heterocycles. The molecule has 0 atom stereocenters. The van der Waals surface area contributed by atoms with Crippen LogP contribution in [0.3, 0.4) is 0 Å². The van der Waals surface area contributed by atoms with E-state index in [-0.39, 0.29) is 5.69 Å². The van der Waals surface area contributed by atoms with Crippen LogP contribution in [-0.2, 0) is 0 Å². The molecule has 3 N–H and O–H groups in total. The summed E-state index contributed by atoms with van der Waals surface area (Å²) in [6.07, 6.45) is -1.70. The van der Waals surface area contributed by atoms with Gasteiger partial charge in [0.05, 0.1) is 17.3 Å². The summed E-state index contributed by atoms with van der Waals surface area (Å²) in [5.41, 5.74) is 2.49. The minimum absolute atomic E-state index is 0.195. The van der Waals surface area contributed by atoms with E-state index in [0.29, 0.717) is 27.6 Å². The van der Waals surface area contributed by atoms with Gasteiger partial charge in [-0.15, -0.1) is 0 Å². The molecule has 0 radical (unpaired) electrons. The lowest BCUT2D eigenvalue weighted by Gasteiger charge is -2.07. The number of hydrogen-bond acceptors (Lipinski definition) is 3. The normalized spacial score (nSPS) is 11.0. The maximum absolute atomic E-state index is 13.5. The number of H-pyrrole nitrogens is 1. The molecule has 0 bridgehead atoms. The predicted molar refractivity (Wildman–Crippen MR) is 75.6 cm³/mol. The average molecular weight is 282 g/mol. The number of fused-ring (bicyclic) bond motifs is 1. The highest BCUT2D eigenvalue weighted by Crippen LogP contribution is 2.35. The highest BCUT2D eigenvalue weighted by Gasteiger charge is 2.18. The molecular weight excluding hydrogens is 271 g/mol. The van der Waals surface area contributed by atoms with Crippen LogP contribution in [0.1, 0.15) is 17.5 Å². The number of nitrogens with one attached hydrogen (secondary N) is 1. The summed E-state index contributed by atoms with van der Waals surface area (Å²) in [4.78, 5) is 2.89. The van der Waals surface area contributed by atoms with Crippen LogP contribution in [0.4, 0.5) is 4.39 Å². The first-order valence-electron chi connectivity index (χ1n) is 6.28. The smallest absolute Gasteiger partial charge is 0.194 e. The maximum Gasteiger partial charge on any atom is 0.194 e. The predicted octanol–water partition coefficient (Wildman–Crippen LogP) is 2.83. The van der Waals surface area contributed by atoms with Crippen molar-refractivity contribution in [2.24, 2.45) is 0 Å². The number of nitrogens with zero attached hydrogens (tertiary/aromatic N) is 1. The number of aliphatic hydroxyl groups is 2. The Balaban J connectivity index is 2.30. The summed E-state index contributed by atoms with van der Waals surface area (Å²) < 4.78 is 13.5. The summed E-state index contributed by atoms with van der Waals surface area (Å²) in [7, 11) is 0. The molecule has 0 aliphatic rings. The second-order valence-corrected chi connectivity index (χ2v) is 4.67. The lowest BCUT2D eigenvalue weighted by atomic mass is 10.0. The molecule has 0 fully saturated rings. The Bertz CT molecular complexity index is 845. The van der Waals surface area contributed by atoms with E-state index < -0.39 is 12.1 Å². The summed E-state index contributed by atoms with van der Waals surface area (Å²) in [5, 5.41) is 28.4. The van der Waals surface area contributed by atoms with Gasteiger partial charge in [-0.1, -0.05) is 12.1 Å². The van der Waals surface area contributed by atoms with Crippen LogP contribution in [-0.4, -0.2) is 15.2 Å². The van der Waals surface area contributed by atoms with Crippen LogP contribution >= 0.6 is 0 Å². The van der Waals surface area contributed by atoms with Gasteiger partial charge in [-0.2, -0.15) is 5.26 Å². The van der Waals surface area contributed by atoms with Crippen molar-refractivity contribution in [3.05, 3.63) is 59.5 Å². The number of aromatic nitrogens is 1.